The maximum atomic E-state index is 13.5. The van der Waals surface area contributed by atoms with Gasteiger partial charge < -0.3 is 4.90 Å². The second-order valence-corrected chi connectivity index (χ2v) is 9.06. The Kier molecular flexibility index (Phi) is 5.52. The topological polar surface area (TPSA) is 26.8 Å². The quantitative estimate of drug-likeness (QED) is 0.733. The van der Waals surface area contributed by atoms with E-state index in [9.17, 15) is 13.6 Å². The SMILES string of the molecule is CCN1C[C@H]2C[C@@H]2C1C(=O)N1CCN(C(c2ccc(F)cc2)c2ccc(F)cc2)CC1. The maximum absolute atomic E-state index is 13.5. The number of piperazine rings is 1. The minimum absolute atomic E-state index is 0.0616. The summed E-state index contributed by atoms with van der Waals surface area (Å²) in [5.74, 6) is 1.01. The molecule has 1 aliphatic carbocycles. The Labute approximate surface area is 182 Å². The first-order chi connectivity index (χ1) is 15.0. The standard InChI is InChI=1S/C25H29F2N3O/c1-2-28-16-19-15-22(19)24(28)25(31)30-13-11-29(12-14-30)23(17-3-7-20(26)8-4-17)18-5-9-21(27)10-6-18/h3-10,19,22-24H,2,11-16H2,1H3/t19-,22+,24?/m1/s1. The van der Waals surface area contributed by atoms with Gasteiger partial charge in [0.05, 0.1) is 12.1 Å². The number of rotatable bonds is 5. The molecule has 3 aliphatic rings. The third-order valence-corrected chi connectivity index (χ3v) is 7.27. The minimum Gasteiger partial charge on any atom is -0.339 e. The summed E-state index contributed by atoms with van der Waals surface area (Å²) in [7, 11) is 0. The van der Waals surface area contributed by atoms with Crippen LogP contribution in [0.25, 0.3) is 0 Å². The Morgan fingerprint density at radius 1 is 0.935 bits per heavy atom. The number of hydrogen-bond donors (Lipinski definition) is 0. The number of nitrogens with zero attached hydrogens (tertiary/aromatic N) is 3. The summed E-state index contributed by atoms with van der Waals surface area (Å²) in [4.78, 5) is 20.0. The van der Waals surface area contributed by atoms with Gasteiger partial charge in [0.1, 0.15) is 11.6 Å². The minimum atomic E-state index is -0.271. The lowest BCUT2D eigenvalue weighted by Crippen LogP contribution is -2.55. The molecule has 0 radical (unpaired) electrons. The second-order valence-electron chi connectivity index (χ2n) is 9.06. The van der Waals surface area contributed by atoms with Gasteiger partial charge in [0.25, 0.3) is 0 Å². The Morgan fingerprint density at radius 2 is 1.48 bits per heavy atom. The van der Waals surface area contributed by atoms with Crippen molar-refractivity contribution in [1.29, 1.82) is 0 Å². The van der Waals surface area contributed by atoms with Gasteiger partial charge in [-0.1, -0.05) is 31.2 Å². The smallest absolute Gasteiger partial charge is 0.240 e. The molecule has 0 N–H and O–H groups in total. The molecule has 4 nitrogen and oxygen atoms in total. The van der Waals surface area contributed by atoms with Crippen LogP contribution in [0.15, 0.2) is 48.5 Å². The molecule has 2 heterocycles. The molecule has 5 rings (SSSR count). The van der Waals surface area contributed by atoms with E-state index < -0.39 is 0 Å². The lowest BCUT2D eigenvalue weighted by atomic mass is 9.96. The van der Waals surface area contributed by atoms with Gasteiger partial charge in [-0.2, -0.15) is 0 Å². The van der Waals surface area contributed by atoms with E-state index >= 15 is 0 Å². The van der Waals surface area contributed by atoms with E-state index in [2.05, 4.69) is 16.7 Å². The summed E-state index contributed by atoms with van der Waals surface area (Å²) in [6.07, 6.45) is 1.20. The first kappa shape index (κ1) is 20.6. The summed E-state index contributed by atoms with van der Waals surface area (Å²) >= 11 is 0. The number of likely N-dealkylation sites (N-methyl/N-ethyl adjacent to an activating group) is 1. The fourth-order valence-corrected chi connectivity index (χ4v) is 5.51. The van der Waals surface area contributed by atoms with Gasteiger partial charge in [-0.05, 0) is 60.2 Å². The molecular formula is C25H29F2N3O. The van der Waals surface area contributed by atoms with Crippen molar-refractivity contribution in [3.63, 3.8) is 0 Å². The van der Waals surface area contributed by atoms with Gasteiger partial charge >= 0.3 is 0 Å². The lowest BCUT2D eigenvalue weighted by molar-refractivity contribution is -0.138. The summed E-state index contributed by atoms with van der Waals surface area (Å²) in [6, 6.07) is 13.0. The summed E-state index contributed by atoms with van der Waals surface area (Å²) < 4.78 is 27.0. The molecule has 31 heavy (non-hydrogen) atoms. The van der Waals surface area contributed by atoms with Crippen molar-refractivity contribution in [1.82, 2.24) is 14.7 Å². The van der Waals surface area contributed by atoms with Crippen molar-refractivity contribution in [2.75, 3.05) is 39.3 Å². The van der Waals surface area contributed by atoms with Gasteiger partial charge in [0.2, 0.25) is 5.91 Å². The molecule has 2 saturated heterocycles. The Balaban J connectivity index is 1.32. The molecule has 1 saturated carbocycles. The molecule has 3 atom stereocenters. The van der Waals surface area contributed by atoms with Crippen LogP contribution < -0.4 is 0 Å². The lowest BCUT2D eigenvalue weighted by Gasteiger charge is -2.41. The number of benzene rings is 2. The molecule has 0 bridgehead atoms. The molecule has 2 aromatic rings. The maximum Gasteiger partial charge on any atom is 0.240 e. The van der Waals surface area contributed by atoms with Gasteiger partial charge in [-0.15, -0.1) is 0 Å². The van der Waals surface area contributed by atoms with E-state index in [0.717, 1.165) is 43.2 Å². The number of hydrogen-bond acceptors (Lipinski definition) is 3. The van der Waals surface area contributed by atoms with Crippen LogP contribution in [0.3, 0.4) is 0 Å². The van der Waals surface area contributed by atoms with E-state index in [1.165, 1.54) is 30.7 Å². The van der Waals surface area contributed by atoms with Crippen molar-refractivity contribution < 1.29 is 13.6 Å². The van der Waals surface area contributed by atoms with Crippen molar-refractivity contribution in [3.05, 3.63) is 71.3 Å². The average Bonchev–Trinajstić information content (AvgIpc) is 3.46. The van der Waals surface area contributed by atoms with Crippen LogP contribution in [0, 0.1) is 23.5 Å². The number of amides is 1. The first-order valence-electron chi connectivity index (χ1n) is 11.3. The molecule has 0 spiro atoms. The third-order valence-electron chi connectivity index (χ3n) is 7.27. The number of halogens is 2. The zero-order chi connectivity index (χ0) is 21.5. The fourth-order valence-electron chi connectivity index (χ4n) is 5.51. The zero-order valence-electron chi connectivity index (χ0n) is 17.9. The van der Waals surface area contributed by atoms with Crippen molar-refractivity contribution in [2.24, 2.45) is 11.8 Å². The van der Waals surface area contributed by atoms with Crippen molar-refractivity contribution >= 4 is 5.91 Å². The van der Waals surface area contributed by atoms with Crippen LogP contribution in [0.1, 0.15) is 30.5 Å². The number of carbonyl (C=O) groups is 1. The Bertz CT molecular complexity index is 879. The van der Waals surface area contributed by atoms with Crippen LogP contribution in [0.4, 0.5) is 8.78 Å². The van der Waals surface area contributed by atoms with E-state index in [0.29, 0.717) is 19.0 Å². The van der Waals surface area contributed by atoms with Gasteiger partial charge in [-0.3, -0.25) is 14.6 Å². The molecule has 164 valence electrons. The molecule has 1 amide bonds. The van der Waals surface area contributed by atoms with Crippen LogP contribution in [-0.2, 0) is 4.79 Å². The largest absolute Gasteiger partial charge is 0.339 e. The third kappa shape index (κ3) is 3.99. The summed E-state index contributed by atoms with van der Waals surface area (Å²) in [6.45, 7) is 6.97. The number of likely N-dealkylation sites (tertiary alicyclic amines) is 1. The van der Waals surface area contributed by atoms with E-state index in [4.69, 9.17) is 0 Å². The number of fused-ring (bicyclic) bond motifs is 1. The molecule has 2 aromatic carbocycles. The van der Waals surface area contributed by atoms with Crippen molar-refractivity contribution in [3.8, 4) is 0 Å². The normalized spacial score (nSPS) is 26.3. The number of piperidine rings is 1. The van der Waals surface area contributed by atoms with E-state index in [1.807, 2.05) is 4.90 Å². The molecule has 1 unspecified atom stereocenters. The highest BCUT2D eigenvalue weighted by molar-refractivity contribution is 5.83. The van der Waals surface area contributed by atoms with Crippen LogP contribution in [0.5, 0.6) is 0 Å². The zero-order valence-corrected chi connectivity index (χ0v) is 17.9. The summed E-state index contributed by atoms with van der Waals surface area (Å²) in [5.41, 5.74) is 1.95. The van der Waals surface area contributed by atoms with Crippen LogP contribution >= 0.6 is 0 Å². The van der Waals surface area contributed by atoms with Crippen LogP contribution in [0.2, 0.25) is 0 Å². The van der Waals surface area contributed by atoms with E-state index in [1.54, 1.807) is 24.3 Å². The highest BCUT2D eigenvalue weighted by atomic mass is 19.1. The summed E-state index contributed by atoms with van der Waals surface area (Å²) in [5, 5.41) is 0. The molecular weight excluding hydrogens is 396 g/mol. The van der Waals surface area contributed by atoms with Gasteiger partial charge in [0.15, 0.2) is 0 Å². The highest BCUT2D eigenvalue weighted by Gasteiger charge is 2.55. The molecule has 0 aromatic heterocycles. The second kappa shape index (κ2) is 8.32. The van der Waals surface area contributed by atoms with Crippen LogP contribution in [-0.4, -0.2) is 65.9 Å². The highest BCUT2D eigenvalue weighted by Crippen LogP contribution is 2.49. The van der Waals surface area contributed by atoms with Gasteiger partial charge in [-0.25, -0.2) is 8.78 Å². The Hall–Kier alpha value is -2.31. The van der Waals surface area contributed by atoms with E-state index in [-0.39, 0.29) is 29.6 Å². The molecule has 3 fully saturated rings. The monoisotopic (exact) mass is 425 g/mol. The van der Waals surface area contributed by atoms with Crippen molar-refractivity contribution in [2.45, 2.75) is 25.4 Å². The first-order valence-corrected chi connectivity index (χ1v) is 11.3. The fraction of sp³-hybridized carbons (Fsp3) is 0.480. The Morgan fingerprint density at radius 3 is 2.00 bits per heavy atom. The number of carbonyl (C=O) groups excluding carboxylic acids is 1. The average molecular weight is 426 g/mol. The predicted octanol–water partition coefficient (Wildman–Crippen LogP) is 3.54. The molecule has 6 heteroatoms. The molecule has 2 aliphatic heterocycles. The van der Waals surface area contributed by atoms with Gasteiger partial charge in [0, 0.05) is 32.7 Å². The predicted molar refractivity (Wildman–Crippen MR) is 115 cm³/mol.